The Hall–Kier alpha value is -0.0900. The van der Waals surface area contributed by atoms with Crippen molar-refractivity contribution in [1.82, 2.24) is 5.32 Å². The van der Waals surface area contributed by atoms with Crippen LogP contribution in [0.4, 0.5) is 0 Å². The van der Waals surface area contributed by atoms with E-state index < -0.39 is 9.84 Å². The van der Waals surface area contributed by atoms with E-state index >= 15 is 0 Å². The van der Waals surface area contributed by atoms with Gasteiger partial charge >= 0.3 is 0 Å². The van der Waals surface area contributed by atoms with E-state index in [0.717, 1.165) is 6.54 Å². The maximum absolute atomic E-state index is 11.6. The van der Waals surface area contributed by atoms with Gasteiger partial charge < -0.3 is 5.32 Å². The van der Waals surface area contributed by atoms with E-state index in [0.29, 0.717) is 12.0 Å². The van der Waals surface area contributed by atoms with Crippen molar-refractivity contribution in [3.05, 3.63) is 0 Å². The molecule has 1 N–H and O–H groups in total. The van der Waals surface area contributed by atoms with Crippen LogP contribution in [0.25, 0.3) is 0 Å². The molecule has 0 spiro atoms. The zero-order chi connectivity index (χ0) is 12.2. The highest BCUT2D eigenvalue weighted by Gasteiger charge is 2.34. The molecule has 4 heteroatoms. The minimum atomic E-state index is -2.87. The van der Waals surface area contributed by atoms with Gasteiger partial charge in [-0.2, -0.15) is 0 Å². The lowest BCUT2D eigenvalue weighted by Gasteiger charge is -2.41. The fourth-order valence-corrected chi connectivity index (χ4v) is 3.04. The molecule has 0 atom stereocenters. The molecule has 1 aliphatic carbocycles. The highest BCUT2D eigenvalue weighted by molar-refractivity contribution is 7.92. The number of rotatable bonds is 7. The zero-order valence-electron chi connectivity index (χ0n) is 10.8. The standard InChI is InChI=1S/C12H25NO2S/c1-4-12(6-5-7-12)10-13-8-9-16(14,15)11(2)3/h11,13H,4-10H2,1-3H3. The molecule has 0 aliphatic heterocycles. The Morgan fingerprint density at radius 3 is 2.31 bits per heavy atom. The highest BCUT2D eigenvalue weighted by atomic mass is 32.2. The first-order valence-corrected chi connectivity index (χ1v) is 8.06. The first kappa shape index (κ1) is 14.0. The first-order valence-electron chi connectivity index (χ1n) is 6.34. The fourth-order valence-electron chi connectivity index (χ4n) is 2.14. The topological polar surface area (TPSA) is 46.2 Å². The van der Waals surface area contributed by atoms with E-state index in [-0.39, 0.29) is 11.0 Å². The Kier molecular flexibility index (Phi) is 4.80. The monoisotopic (exact) mass is 247 g/mol. The summed E-state index contributed by atoms with van der Waals surface area (Å²) in [5.74, 6) is 0.268. The number of hydrogen-bond acceptors (Lipinski definition) is 3. The van der Waals surface area contributed by atoms with Gasteiger partial charge in [0.1, 0.15) is 0 Å². The van der Waals surface area contributed by atoms with Crippen molar-refractivity contribution in [2.75, 3.05) is 18.8 Å². The molecule has 1 saturated carbocycles. The average Bonchev–Trinajstić information content (AvgIpc) is 2.15. The molecular formula is C12H25NO2S. The summed E-state index contributed by atoms with van der Waals surface area (Å²) in [6.45, 7) is 7.30. The summed E-state index contributed by atoms with van der Waals surface area (Å²) in [4.78, 5) is 0. The molecule has 1 fully saturated rings. The van der Waals surface area contributed by atoms with Crippen LogP contribution in [-0.2, 0) is 9.84 Å². The summed E-state index contributed by atoms with van der Waals surface area (Å²) in [5.41, 5.74) is 0.474. The number of hydrogen-bond donors (Lipinski definition) is 1. The molecule has 0 aromatic heterocycles. The van der Waals surface area contributed by atoms with Crippen LogP contribution in [-0.4, -0.2) is 32.5 Å². The summed E-state index contributed by atoms with van der Waals surface area (Å²) >= 11 is 0. The summed E-state index contributed by atoms with van der Waals surface area (Å²) < 4.78 is 23.1. The minimum absolute atomic E-state index is 0.252. The van der Waals surface area contributed by atoms with E-state index in [1.807, 2.05) is 0 Å². The lowest BCUT2D eigenvalue weighted by molar-refractivity contribution is 0.125. The molecule has 0 aromatic rings. The largest absolute Gasteiger partial charge is 0.315 e. The van der Waals surface area contributed by atoms with Crippen molar-refractivity contribution < 1.29 is 8.42 Å². The van der Waals surface area contributed by atoms with Gasteiger partial charge in [0, 0.05) is 13.1 Å². The number of nitrogens with one attached hydrogen (secondary N) is 1. The van der Waals surface area contributed by atoms with Crippen LogP contribution >= 0.6 is 0 Å². The SMILES string of the molecule is CCC1(CNCCS(=O)(=O)C(C)C)CCC1. The second kappa shape index (κ2) is 5.50. The molecule has 3 nitrogen and oxygen atoms in total. The quantitative estimate of drug-likeness (QED) is 0.700. The third kappa shape index (κ3) is 3.45. The molecule has 0 saturated heterocycles. The van der Waals surface area contributed by atoms with E-state index in [2.05, 4.69) is 12.2 Å². The lowest BCUT2D eigenvalue weighted by Crippen LogP contribution is -2.41. The molecule has 1 aliphatic rings. The molecule has 0 unspecified atom stereocenters. The Labute approximate surface area is 99.9 Å². The van der Waals surface area contributed by atoms with Gasteiger partial charge in [0.2, 0.25) is 0 Å². The van der Waals surface area contributed by atoms with Crippen LogP contribution in [0, 0.1) is 5.41 Å². The van der Waals surface area contributed by atoms with Crippen LogP contribution in [0.5, 0.6) is 0 Å². The predicted octanol–water partition coefficient (Wildman–Crippen LogP) is 1.98. The van der Waals surface area contributed by atoms with Gasteiger partial charge in [0.15, 0.2) is 9.84 Å². The molecule has 0 amide bonds. The van der Waals surface area contributed by atoms with Crippen LogP contribution < -0.4 is 5.32 Å². The zero-order valence-corrected chi connectivity index (χ0v) is 11.6. The molecule has 0 heterocycles. The van der Waals surface area contributed by atoms with Gasteiger partial charge in [-0.05, 0) is 38.5 Å². The molecule has 0 bridgehead atoms. The van der Waals surface area contributed by atoms with Crippen LogP contribution in [0.3, 0.4) is 0 Å². The molecule has 96 valence electrons. The summed E-state index contributed by atoms with van der Waals surface area (Å²) in [7, 11) is -2.87. The van der Waals surface area contributed by atoms with Gasteiger partial charge in [-0.3, -0.25) is 0 Å². The van der Waals surface area contributed by atoms with Gasteiger partial charge in [0.05, 0.1) is 11.0 Å². The molecular weight excluding hydrogens is 222 g/mol. The molecule has 0 radical (unpaired) electrons. The Balaban J connectivity index is 2.22. The Morgan fingerprint density at radius 1 is 1.31 bits per heavy atom. The smallest absolute Gasteiger partial charge is 0.153 e. The minimum Gasteiger partial charge on any atom is -0.315 e. The van der Waals surface area contributed by atoms with Crippen molar-refractivity contribution in [3.8, 4) is 0 Å². The van der Waals surface area contributed by atoms with Crippen LogP contribution in [0.2, 0.25) is 0 Å². The molecule has 0 aromatic carbocycles. The maximum atomic E-state index is 11.6. The first-order chi connectivity index (χ1) is 7.42. The summed E-state index contributed by atoms with van der Waals surface area (Å²) in [5, 5.41) is 3.06. The van der Waals surface area contributed by atoms with Gasteiger partial charge in [-0.1, -0.05) is 13.3 Å². The molecule has 1 rings (SSSR count). The van der Waals surface area contributed by atoms with E-state index in [9.17, 15) is 8.42 Å². The Morgan fingerprint density at radius 2 is 1.94 bits per heavy atom. The third-order valence-corrected chi connectivity index (χ3v) is 6.16. The van der Waals surface area contributed by atoms with Crippen molar-refractivity contribution >= 4 is 9.84 Å². The molecule has 16 heavy (non-hydrogen) atoms. The fraction of sp³-hybridized carbons (Fsp3) is 1.00. The average molecular weight is 247 g/mol. The lowest BCUT2D eigenvalue weighted by atomic mass is 9.67. The summed E-state index contributed by atoms with van der Waals surface area (Å²) in [6, 6.07) is 0. The highest BCUT2D eigenvalue weighted by Crippen LogP contribution is 2.42. The maximum Gasteiger partial charge on any atom is 0.153 e. The van der Waals surface area contributed by atoms with E-state index in [1.165, 1.54) is 25.7 Å². The van der Waals surface area contributed by atoms with Crippen molar-refractivity contribution in [1.29, 1.82) is 0 Å². The van der Waals surface area contributed by atoms with Crippen LogP contribution in [0.15, 0.2) is 0 Å². The van der Waals surface area contributed by atoms with Gasteiger partial charge in [-0.15, -0.1) is 0 Å². The van der Waals surface area contributed by atoms with Crippen molar-refractivity contribution in [2.45, 2.75) is 51.7 Å². The number of sulfone groups is 1. The normalized spacial score (nSPS) is 19.8. The van der Waals surface area contributed by atoms with Gasteiger partial charge in [0.25, 0.3) is 0 Å². The van der Waals surface area contributed by atoms with E-state index in [1.54, 1.807) is 13.8 Å². The van der Waals surface area contributed by atoms with Crippen molar-refractivity contribution in [3.63, 3.8) is 0 Å². The second-order valence-electron chi connectivity index (χ2n) is 5.30. The predicted molar refractivity (Wildman–Crippen MR) is 68.4 cm³/mol. The van der Waals surface area contributed by atoms with E-state index in [4.69, 9.17) is 0 Å². The summed E-state index contributed by atoms with van der Waals surface area (Å²) in [6.07, 6.45) is 5.14. The van der Waals surface area contributed by atoms with Gasteiger partial charge in [-0.25, -0.2) is 8.42 Å². The second-order valence-corrected chi connectivity index (χ2v) is 7.98. The van der Waals surface area contributed by atoms with Crippen molar-refractivity contribution in [2.24, 2.45) is 5.41 Å². The Bertz CT molecular complexity index is 299. The van der Waals surface area contributed by atoms with Crippen LogP contribution in [0.1, 0.15) is 46.5 Å². The third-order valence-electron chi connectivity index (χ3n) is 3.95.